The van der Waals surface area contributed by atoms with Gasteiger partial charge < -0.3 is 20.4 Å². The van der Waals surface area contributed by atoms with Gasteiger partial charge in [0.2, 0.25) is 17.7 Å². The maximum Gasteiger partial charge on any atom is 0.256 e. The molecule has 3 aliphatic heterocycles. The van der Waals surface area contributed by atoms with Crippen molar-refractivity contribution in [3.63, 3.8) is 0 Å². The van der Waals surface area contributed by atoms with Gasteiger partial charge in [0.1, 0.15) is 12.1 Å². The van der Waals surface area contributed by atoms with Crippen molar-refractivity contribution in [3.05, 3.63) is 30.1 Å². The molecule has 0 radical (unpaired) electrons. The number of amides is 4. The Bertz CT molecular complexity index is 847. The van der Waals surface area contributed by atoms with Crippen molar-refractivity contribution in [1.29, 1.82) is 0 Å². The number of rotatable bonds is 4. The third-order valence-electron chi connectivity index (χ3n) is 5.78. The molecular formula is C20H26N6O4S. The number of piperazine rings is 1. The molecule has 0 spiro atoms. The SMILES string of the molecule is O=C1NCCCC1NC(=O)C1CN(C(=O)C2CSCN2)CCN1C(=O)c1cccnc1. The van der Waals surface area contributed by atoms with E-state index in [1.165, 1.54) is 11.1 Å². The van der Waals surface area contributed by atoms with Gasteiger partial charge in [-0.1, -0.05) is 0 Å². The van der Waals surface area contributed by atoms with Crippen LogP contribution in [0.2, 0.25) is 0 Å². The van der Waals surface area contributed by atoms with E-state index in [1.54, 1.807) is 35.0 Å². The first-order chi connectivity index (χ1) is 15.0. The van der Waals surface area contributed by atoms with Gasteiger partial charge in [0.15, 0.2) is 0 Å². The fourth-order valence-electron chi connectivity index (χ4n) is 4.06. The predicted octanol–water partition coefficient (Wildman–Crippen LogP) is -1.21. The maximum atomic E-state index is 13.2. The Kier molecular flexibility index (Phi) is 6.71. The molecule has 4 rings (SSSR count). The van der Waals surface area contributed by atoms with Gasteiger partial charge in [-0.15, -0.1) is 11.8 Å². The number of hydrogen-bond acceptors (Lipinski definition) is 7. The van der Waals surface area contributed by atoms with E-state index in [-0.39, 0.29) is 36.9 Å². The van der Waals surface area contributed by atoms with Crippen molar-refractivity contribution < 1.29 is 19.2 Å². The summed E-state index contributed by atoms with van der Waals surface area (Å²) in [6.07, 6.45) is 4.36. The topological polar surface area (TPSA) is 124 Å². The second-order valence-electron chi connectivity index (χ2n) is 7.81. The van der Waals surface area contributed by atoms with E-state index in [1.807, 2.05) is 0 Å². The van der Waals surface area contributed by atoms with Crippen LogP contribution in [-0.2, 0) is 14.4 Å². The lowest BCUT2D eigenvalue weighted by atomic mass is 10.0. The molecule has 166 valence electrons. The summed E-state index contributed by atoms with van der Waals surface area (Å²) < 4.78 is 0. The molecule has 1 aromatic rings. The molecule has 10 nitrogen and oxygen atoms in total. The number of nitrogens with one attached hydrogen (secondary N) is 3. The minimum atomic E-state index is -0.880. The standard InChI is InChI=1S/C20H26N6O4S/c27-17-14(4-2-6-22-17)24-18(28)16-10-25(20(30)15-11-31-12-23-15)7-8-26(16)19(29)13-3-1-5-21-9-13/h1,3,5,9,14-16,23H,2,4,6-8,10-12H2,(H,22,27)(H,24,28). The van der Waals surface area contributed by atoms with E-state index in [9.17, 15) is 19.2 Å². The number of nitrogens with zero attached hydrogens (tertiary/aromatic N) is 3. The summed E-state index contributed by atoms with van der Waals surface area (Å²) >= 11 is 1.65. The number of piperidine rings is 1. The van der Waals surface area contributed by atoms with Gasteiger partial charge in [-0.3, -0.25) is 29.5 Å². The van der Waals surface area contributed by atoms with Gasteiger partial charge in [0.25, 0.3) is 5.91 Å². The first kappa shape index (κ1) is 21.6. The second kappa shape index (κ2) is 9.65. The highest BCUT2D eigenvalue weighted by atomic mass is 32.2. The number of hydrogen-bond donors (Lipinski definition) is 3. The van der Waals surface area contributed by atoms with Crippen LogP contribution in [0, 0.1) is 0 Å². The van der Waals surface area contributed by atoms with Gasteiger partial charge in [-0.25, -0.2) is 0 Å². The Labute approximate surface area is 184 Å². The van der Waals surface area contributed by atoms with E-state index in [0.717, 1.165) is 12.3 Å². The molecule has 3 aliphatic rings. The Morgan fingerprint density at radius 3 is 2.84 bits per heavy atom. The number of aromatic nitrogens is 1. The highest BCUT2D eigenvalue weighted by Crippen LogP contribution is 2.18. The molecule has 31 heavy (non-hydrogen) atoms. The van der Waals surface area contributed by atoms with Crippen LogP contribution in [-0.4, -0.2) is 94.3 Å². The van der Waals surface area contributed by atoms with Gasteiger partial charge in [0.05, 0.1) is 18.2 Å². The predicted molar refractivity (Wildman–Crippen MR) is 114 cm³/mol. The lowest BCUT2D eigenvalue weighted by Crippen LogP contribution is -2.64. The zero-order valence-electron chi connectivity index (χ0n) is 17.1. The van der Waals surface area contributed by atoms with Crippen LogP contribution >= 0.6 is 11.8 Å². The number of carbonyl (C=O) groups is 4. The molecule has 4 heterocycles. The highest BCUT2D eigenvalue weighted by molar-refractivity contribution is 7.99. The van der Waals surface area contributed by atoms with E-state index in [0.29, 0.717) is 30.8 Å². The average Bonchev–Trinajstić information content (AvgIpc) is 3.35. The largest absolute Gasteiger partial charge is 0.354 e. The van der Waals surface area contributed by atoms with E-state index in [2.05, 4.69) is 20.9 Å². The normalized spacial score (nSPS) is 26.3. The lowest BCUT2D eigenvalue weighted by molar-refractivity contribution is -0.139. The van der Waals surface area contributed by atoms with Crippen molar-refractivity contribution in [2.24, 2.45) is 0 Å². The van der Waals surface area contributed by atoms with Crippen LogP contribution in [0.3, 0.4) is 0 Å². The fraction of sp³-hybridized carbons (Fsp3) is 0.550. The van der Waals surface area contributed by atoms with Crippen molar-refractivity contribution in [2.45, 2.75) is 31.0 Å². The van der Waals surface area contributed by atoms with Crippen LogP contribution in [0.25, 0.3) is 0 Å². The van der Waals surface area contributed by atoms with Crippen molar-refractivity contribution in [3.8, 4) is 0 Å². The molecular weight excluding hydrogens is 420 g/mol. The number of pyridine rings is 1. The van der Waals surface area contributed by atoms with Crippen molar-refractivity contribution >= 4 is 35.4 Å². The minimum Gasteiger partial charge on any atom is -0.354 e. The molecule has 0 bridgehead atoms. The van der Waals surface area contributed by atoms with Crippen LogP contribution in [0.4, 0.5) is 0 Å². The molecule has 1 aromatic heterocycles. The molecule has 0 saturated carbocycles. The number of carbonyl (C=O) groups excluding carboxylic acids is 4. The van der Waals surface area contributed by atoms with Gasteiger partial charge in [-0.05, 0) is 25.0 Å². The average molecular weight is 447 g/mol. The van der Waals surface area contributed by atoms with E-state index >= 15 is 0 Å². The fourth-order valence-corrected chi connectivity index (χ4v) is 4.99. The van der Waals surface area contributed by atoms with Gasteiger partial charge in [0, 0.05) is 43.7 Å². The monoisotopic (exact) mass is 446 g/mol. The minimum absolute atomic E-state index is 0.0633. The van der Waals surface area contributed by atoms with Crippen molar-refractivity contribution in [2.75, 3.05) is 37.8 Å². The third kappa shape index (κ3) is 4.82. The summed E-state index contributed by atoms with van der Waals surface area (Å²) in [5, 5.41) is 8.69. The molecule has 11 heteroatoms. The summed E-state index contributed by atoms with van der Waals surface area (Å²) in [5.74, 6) is 0.379. The maximum absolute atomic E-state index is 13.2. The molecule has 3 fully saturated rings. The quantitative estimate of drug-likeness (QED) is 0.530. The first-order valence-corrected chi connectivity index (χ1v) is 11.6. The van der Waals surface area contributed by atoms with Crippen LogP contribution in [0.5, 0.6) is 0 Å². The number of thioether (sulfide) groups is 1. The van der Waals surface area contributed by atoms with Crippen LogP contribution in [0.15, 0.2) is 24.5 Å². The van der Waals surface area contributed by atoms with Crippen LogP contribution in [0.1, 0.15) is 23.2 Å². The summed E-state index contributed by atoms with van der Waals surface area (Å²) in [6, 6.07) is 1.52. The zero-order valence-corrected chi connectivity index (χ0v) is 17.9. The van der Waals surface area contributed by atoms with E-state index < -0.39 is 18.0 Å². The van der Waals surface area contributed by atoms with Crippen molar-refractivity contribution in [1.82, 2.24) is 30.7 Å². The molecule has 0 aromatic carbocycles. The Morgan fingerprint density at radius 2 is 2.13 bits per heavy atom. The second-order valence-corrected chi connectivity index (χ2v) is 8.84. The zero-order chi connectivity index (χ0) is 21.8. The molecule has 4 amide bonds. The molecule has 3 N–H and O–H groups in total. The molecule has 3 atom stereocenters. The summed E-state index contributed by atoms with van der Waals surface area (Å²) in [6.45, 7) is 1.26. The molecule has 3 unspecified atom stereocenters. The van der Waals surface area contributed by atoms with Gasteiger partial charge in [-0.2, -0.15) is 0 Å². The molecule has 0 aliphatic carbocycles. The Morgan fingerprint density at radius 1 is 1.26 bits per heavy atom. The first-order valence-electron chi connectivity index (χ1n) is 10.4. The lowest BCUT2D eigenvalue weighted by Gasteiger charge is -2.41. The van der Waals surface area contributed by atoms with Crippen LogP contribution < -0.4 is 16.0 Å². The summed E-state index contributed by atoms with van der Waals surface area (Å²) in [7, 11) is 0. The Balaban J connectivity index is 1.52. The van der Waals surface area contributed by atoms with Gasteiger partial charge >= 0.3 is 0 Å². The third-order valence-corrected chi connectivity index (χ3v) is 6.72. The Hall–Kier alpha value is -2.66. The summed E-state index contributed by atoms with van der Waals surface area (Å²) in [5.41, 5.74) is 0.379. The highest BCUT2D eigenvalue weighted by Gasteiger charge is 2.40. The van der Waals surface area contributed by atoms with E-state index in [4.69, 9.17) is 0 Å². The smallest absolute Gasteiger partial charge is 0.256 e. The molecule has 3 saturated heterocycles. The summed E-state index contributed by atoms with van der Waals surface area (Å²) in [4.78, 5) is 58.4.